The molecule has 172 valence electrons. The van der Waals surface area contributed by atoms with E-state index in [0.717, 1.165) is 25.7 Å². The zero-order valence-electron chi connectivity index (χ0n) is 18.6. The highest BCUT2D eigenvalue weighted by atomic mass is 32.2. The maximum absolute atomic E-state index is 12.9. The third-order valence-electron chi connectivity index (χ3n) is 6.62. The number of piperidine rings is 2. The Balaban J connectivity index is 1.53. The van der Waals surface area contributed by atoms with Crippen molar-refractivity contribution in [3.63, 3.8) is 0 Å². The van der Waals surface area contributed by atoms with Crippen LogP contribution < -0.4 is 5.32 Å². The molecule has 1 atom stereocenters. The number of carbonyl (C=O) groups is 2. The molecule has 2 aliphatic heterocycles. The molecule has 1 aromatic carbocycles. The van der Waals surface area contributed by atoms with Crippen molar-refractivity contribution in [2.45, 2.75) is 63.3 Å². The first-order valence-corrected chi connectivity index (χ1v) is 12.9. The van der Waals surface area contributed by atoms with Crippen LogP contribution in [-0.2, 0) is 19.6 Å². The molecule has 0 bridgehead atoms. The molecular formula is C23H35N3O4S. The number of benzene rings is 1. The summed E-state index contributed by atoms with van der Waals surface area (Å²) in [5, 5.41) is 3.12. The molecule has 0 spiro atoms. The number of hydrogen-bond donors (Lipinski definition) is 1. The largest absolute Gasteiger partial charge is 0.353 e. The van der Waals surface area contributed by atoms with Crippen LogP contribution in [0.1, 0.15) is 52.4 Å². The SMILES string of the molecule is CCC(CC)C(=O)N1CCC(NC(=O)C2CCCN(S(=O)(=O)c3ccccc3)C2)CC1. The zero-order valence-corrected chi connectivity index (χ0v) is 19.4. The molecule has 31 heavy (non-hydrogen) atoms. The second-order valence-electron chi connectivity index (χ2n) is 8.64. The summed E-state index contributed by atoms with van der Waals surface area (Å²) in [5.41, 5.74) is 0. The molecule has 1 unspecified atom stereocenters. The van der Waals surface area contributed by atoms with Crippen molar-refractivity contribution in [1.29, 1.82) is 0 Å². The predicted molar refractivity (Wildman–Crippen MR) is 120 cm³/mol. The fourth-order valence-corrected chi connectivity index (χ4v) is 6.12. The number of rotatable bonds is 7. The van der Waals surface area contributed by atoms with Gasteiger partial charge in [0.2, 0.25) is 21.8 Å². The van der Waals surface area contributed by atoms with E-state index < -0.39 is 10.0 Å². The van der Waals surface area contributed by atoms with Gasteiger partial charge < -0.3 is 10.2 Å². The normalized spacial score (nSPS) is 21.3. The van der Waals surface area contributed by atoms with Crippen LogP contribution in [0.3, 0.4) is 0 Å². The van der Waals surface area contributed by atoms with Crippen molar-refractivity contribution in [2.75, 3.05) is 26.2 Å². The Labute approximate surface area is 186 Å². The highest BCUT2D eigenvalue weighted by Gasteiger charge is 2.34. The lowest BCUT2D eigenvalue weighted by Crippen LogP contribution is -2.51. The number of hydrogen-bond acceptors (Lipinski definition) is 4. The lowest BCUT2D eigenvalue weighted by Gasteiger charge is -2.36. The summed E-state index contributed by atoms with van der Waals surface area (Å²) in [4.78, 5) is 27.6. The van der Waals surface area contributed by atoms with Gasteiger partial charge in [0.25, 0.3) is 0 Å². The number of nitrogens with zero attached hydrogens (tertiary/aromatic N) is 2. The first-order valence-electron chi connectivity index (χ1n) is 11.5. The molecule has 2 heterocycles. The Morgan fingerprint density at radius 1 is 1.03 bits per heavy atom. The van der Waals surface area contributed by atoms with Gasteiger partial charge in [0.15, 0.2) is 0 Å². The van der Waals surface area contributed by atoms with Crippen LogP contribution in [0.2, 0.25) is 0 Å². The highest BCUT2D eigenvalue weighted by molar-refractivity contribution is 7.89. The molecular weight excluding hydrogens is 414 g/mol. The molecule has 0 aromatic heterocycles. The molecule has 2 aliphatic rings. The van der Waals surface area contributed by atoms with E-state index >= 15 is 0 Å². The van der Waals surface area contributed by atoms with E-state index in [1.165, 1.54) is 4.31 Å². The van der Waals surface area contributed by atoms with Gasteiger partial charge in [-0.05, 0) is 50.7 Å². The number of carbonyl (C=O) groups excluding carboxylic acids is 2. The smallest absolute Gasteiger partial charge is 0.243 e. The van der Waals surface area contributed by atoms with Gasteiger partial charge in [0, 0.05) is 38.1 Å². The Morgan fingerprint density at radius 2 is 1.68 bits per heavy atom. The minimum absolute atomic E-state index is 0.0411. The van der Waals surface area contributed by atoms with Crippen molar-refractivity contribution in [1.82, 2.24) is 14.5 Å². The Bertz CT molecular complexity index is 847. The van der Waals surface area contributed by atoms with Crippen molar-refractivity contribution in [3.8, 4) is 0 Å². The summed E-state index contributed by atoms with van der Waals surface area (Å²) < 4.78 is 27.3. The van der Waals surface area contributed by atoms with Crippen LogP contribution in [0.4, 0.5) is 0 Å². The third-order valence-corrected chi connectivity index (χ3v) is 8.50. The van der Waals surface area contributed by atoms with E-state index in [1.54, 1.807) is 30.3 Å². The minimum atomic E-state index is -3.58. The fraction of sp³-hybridized carbons (Fsp3) is 0.652. The molecule has 0 saturated carbocycles. The first kappa shape index (κ1) is 23.7. The van der Waals surface area contributed by atoms with E-state index in [2.05, 4.69) is 5.32 Å². The molecule has 0 aliphatic carbocycles. The van der Waals surface area contributed by atoms with Gasteiger partial charge in [0.1, 0.15) is 0 Å². The van der Waals surface area contributed by atoms with E-state index in [9.17, 15) is 18.0 Å². The molecule has 1 aromatic rings. The predicted octanol–water partition coefficient (Wildman–Crippen LogP) is 2.63. The van der Waals surface area contributed by atoms with Crippen LogP contribution in [0.5, 0.6) is 0 Å². The van der Waals surface area contributed by atoms with Gasteiger partial charge in [-0.2, -0.15) is 4.31 Å². The van der Waals surface area contributed by atoms with Gasteiger partial charge in [-0.1, -0.05) is 32.0 Å². The van der Waals surface area contributed by atoms with Gasteiger partial charge >= 0.3 is 0 Å². The van der Waals surface area contributed by atoms with E-state index in [-0.39, 0.29) is 41.1 Å². The van der Waals surface area contributed by atoms with Crippen LogP contribution in [-0.4, -0.2) is 61.7 Å². The fourth-order valence-electron chi connectivity index (χ4n) is 4.58. The van der Waals surface area contributed by atoms with Crippen molar-refractivity contribution < 1.29 is 18.0 Å². The van der Waals surface area contributed by atoms with Crippen LogP contribution in [0.25, 0.3) is 0 Å². The van der Waals surface area contributed by atoms with Crippen LogP contribution in [0.15, 0.2) is 35.2 Å². The van der Waals surface area contributed by atoms with Crippen LogP contribution >= 0.6 is 0 Å². The molecule has 3 rings (SSSR count). The Kier molecular flexibility index (Phi) is 8.11. The second-order valence-corrected chi connectivity index (χ2v) is 10.6. The standard InChI is InChI=1S/C23H35N3O4S/c1-3-18(4-2)23(28)25-15-12-20(13-16-25)24-22(27)19-9-8-14-26(17-19)31(29,30)21-10-6-5-7-11-21/h5-7,10-11,18-20H,3-4,8-9,12-17H2,1-2H3,(H,24,27). The van der Waals surface area contributed by atoms with E-state index in [1.807, 2.05) is 18.7 Å². The van der Waals surface area contributed by atoms with Crippen LogP contribution in [0, 0.1) is 11.8 Å². The Hall–Kier alpha value is -1.93. The number of nitrogens with one attached hydrogen (secondary N) is 1. The maximum atomic E-state index is 12.9. The minimum Gasteiger partial charge on any atom is -0.353 e. The average Bonchev–Trinajstić information content (AvgIpc) is 2.81. The van der Waals surface area contributed by atoms with Gasteiger partial charge in [0.05, 0.1) is 10.8 Å². The van der Waals surface area contributed by atoms with Gasteiger partial charge in [-0.25, -0.2) is 8.42 Å². The molecule has 0 radical (unpaired) electrons. The monoisotopic (exact) mass is 449 g/mol. The molecule has 2 saturated heterocycles. The second kappa shape index (κ2) is 10.6. The quantitative estimate of drug-likeness (QED) is 0.693. The summed E-state index contributed by atoms with van der Waals surface area (Å²) >= 11 is 0. The Morgan fingerprint density at radius 3 is 2.29 bits per heavy atom. The average molecular weight is 450 g/mol. The lowest BCUT2D eigenvalue weighted by atomic mass is 9.96. The molecule has 1 N–H and O–H groups in total. The summed E-state index contributed by atoms with van der Waals surface area (Å²) in [6, 6.07) is 8.43. The summed E-state index contributed by atoms with van der Waals surface area (Å²) in [5.74, 6) is -0.0936. The highest BCUT2D eigenvalue weighted by Crippen LogP contribution is 2.24. The van der Waals surface area contributed by atoms with Gasteiger partial charge in [-0.15, -0.1) is 0 Å². The number of likely N-dealkylation sites (tertiary alicyclic amines) is 1. The van der Waals surface area contributed by atoms with Crippen molar-refractivity contribution in [3.05, 3.63) is 30.3 Å². The summed E-state index contributed by atoms with van der Waals surface area (Å²) in [7, 11) is -3.58. The lowest BCUT2D eigenvalue weighted by molar-refractivity contribution is -0.137. The van der Waals surface area contributed by atoms with E-state index in [0.29, 0.717) is 32.5 Å². The molecule has 2 amide bonds. The third kappa shape index (κ3) is 5.66. The topological polar surface area (TPSA) is 86.8 Å². The number of sulfonamides is 1. The maximum Gasteiger partial charge on any atom is 0.243 e. The summed E-state index contributed by atoms with van der Waals surface area (Å²) in [6.45, 7) is 6.08. The number of amides is 2. The first-order chi connectivity index (χ1) is 14.9. The van der Waals surface area contributed by atoms with E-state index in [4.69, 9.17) is 0 Å². The van der Waals surface area contributed by atoms with Gasteiger partial charge in [-0.3, -0.25) is 9.59 Å². The summed E-state index contributed by atoms with van der Waals surface area (Å²) in [6.07, 6.45) is 4.57. The van der Waals surface area contributed by atoms with Crippen molar-refractivity contribution in [2.24, 2.45) is 11.8 Å². The zero-order chi connectivity index (χ0) is 22.4. The molecule has 8 heteroatoms. The van der Waals surface area contributed by atoms with Crippen molar-refractivity contribution >= 4 is 21.8 Å². The molecule has 7 nitrogen and oxygen atoms in total. The molecule has 2 fully saturated rings.